The van der Waals surface area contributed by atoms with E-state index in [1.165, 1.54) is 11.3 Å². The molecular weight excluding hydrogens is 530 g/mol. The normalized spacial score (nSPS) is 15.6. The third-order valence-corrected chi connectivity index (χ3v) is 7.59. The van der Waals surface area contributed by atoms with Gasteiger partial charge in [0.15, 0.2) is 6.10 Å². The first-order chi connectivity index (χ1) is 16.7. The van der Waals surface area contributed by atoms with Crippen molar-refractivity contribution in [2.75, 3.05) is 10.6 Å². The second-order valence-electron chi connectivity index (χ2n) is 8.65. The highest BCUT2D eigenvalue weighted by atomic mass is 79.9. The van der Waals surface area contributed by atoms with E-state index < -0.39 is 12.0 Å². The maximum atomic E-state index is 12.9. The van der Waals surface area contributed by atoms with Gasteiger partial charge in [0.2, 0.25) is 0 Å². The molecule has 1 aliphatic rings. The summed E-state index contributed by atoms with van der Waals surface area (Å²) in [6, 6.07) is 13.7. The van der Waals surface area contributed by atoms with Crippen molar-refractivity contribution in [2.24, 2.45) is 11.7 Å². The van der Waals surface area contributed by atoms with E-state index >= 15 is 0 Å². The van der Waals surface area contributed by atoms with E-state index in [4.69, 9.17) is 10.5 Å². The van der Waals surface area contributed by atoms with Gasteiger partial charge in [0, 0.05) is 20.6 Å². The summed E-state index contributed by atoms with van der Waals surface area (Å²) in [4.78, 5) is 38.5. The number of carbonyl (C=O) groups excluding carboxylic acids is 3. The first-order valence-electron chi connectivity index (χ1n) is 11.3. The molecular formula is C26H26BrN3O4S. The van der Waals surface area contributed by atoms with Gasteiger partial charge in [-0.15, -0.1) is 11.3 Å². The molecule has 0 unspecified atom stereocenters. The number of thiophene rings is 1. The van der Waals surface area contributed by atoms with Crippen LogP contribution in [-0.2, 0) is 17.6 Å². The predicted molar refractivity (Wildman–Crippen MR) is 141 cm³/mol. The minimum atomic E-state index is -0.740. The zero-order valence-electron chi connectivity index (χ0n) is 19.4. The summed E-state index contributed by atoms with van der Waals surface area (Å²) in [7, 11) is 0. The molecule has 3 aromatic rings. The van der Waals surface area contributed by atoms with Gasteiger partial charge in [-0.05, 0) is 86.2 Å². The van der Waals surface area contributed by atoms with E-state index in [1.807, 2.05) is 12.1 Å². The number of ether oxygens (including phenoxy) is 1. The fraction of sp³-hybridized carbons (Fsp3) is 0.269. The summed E-state index contributed by atoms with van der Waals surface area (Å²) in [5.74, 6) is -0.155. The van der Waals surface area contributed by atoms with Crippen molar-refractivity contribution in [1.29, 1.82) is 0 Å². The Morgan fingerprint density at radius 1 is 1.09 bits per heavy atom. The molecule has 1 aliphatic carbocycles. The van der Waals surface area contributed by atoms with Gasteiger partial charge < -0.3 is 21.1 Å². The van der Waals surface area contributed by atoms with Gasteiger partial charge in [0.25, 0.3) is 17.7 Å². The van der Waals surface area contributed by atoms with Crippen LogP contribution in [-0.4, -0.2) is 23.8 Å². The van der Waals surface area contributed by atoms with Crippen molar-refractivity contribution < 1.29 is 19.1 Å². The molecule has 3 amide bonds. The fourth-order valence-corrected chi connectivity index (χ4v) is 5.67. The van der Waals surface area contributed by atoms with Crippen molar-refractivity contribution in [3.8, 4) is 5.75 Å². The van der Waals surface area contributed by atoms with E-state index in [0.717, 1.165) is 34.2 Å². The van der Waals surface area contributed by atoms with E-state index in [0.29, 0.717) is 33.5 Å². The number of fused-ring (bicyclic) bond motifs is 1. The zero-order chi connectivity index (χ0) is 25.1. The summed E-state index contributed by atoms with van der Waals surface area (Å²) in [5.41, 5.74) is 8.11. The minimum Gasteiger partial charge on any atom is -0.481 e. The third kappa shape index (κ3) is 5.91. The highest BCUT2D eigenvalue weighted by Gasteiger charge is 2.27. The summed E-state index contributed by atoms with van der Waals surface area (Å²) < 4.78 is 6.65. The lowest BCUT2D eigenvalue weighted by molar-refractivity contribution is -0.122. The van der Waals surface area contributed by atoms with Gasteiger partial charge in [-0.1, -0.05) is 22.9 Å². The Bertz CT molecular complexity index is 1250. The number of primary amides is 1. The average Bonchev–Trinajstić information content (AvgIpc) is 3.17. The molecule has 182 valence electrons. The number of benzene rings is 2. The lowest BCUT2D eigenvalue weighted by Gasteiger charge is -2.18. The van der Waals surface area contributed by atoms with E-state index in [1.54, 1.807) is 43.3 Å². The molecule has 0 saturated carbocycles. The molecule has 0 aliphatic heterocycles. The fourth-order valence-electron chi connectivity index (χ4n) is 3.99. The smallest absolute Gasteiger partial charge is 0.265 e. The Kier molecular flexibility index (Phi) is 7.57. The molecule has 7 nitrogen and oxygen atoms in total. The van der Waals surface area contributed by atoms with Crippen LogP contribution in [0.3, 0.4) is 0 Å². The molecule has 9 heteroatoms. The lowest BCUT2D eigenvalue weighted by atomic mass is 9.88. The number of carbonyl (C=O) groups is 3. The van der Waals surface area contributed by atoms with Crippen LogP contribution in [0.1, 0.15) is 51.4 Å². The summed E-state index contributed by atoms with van der Waals surface area (Å²) in [5, 5.41) is 6.16. The van der Waals surface area contributed by atoms with Crippen molar-refractivity contribution in [3.63, 3.8) is 0 Å². The molecule has 0 spiro atoms. The second kappa shape index (κ2) is 10.6. The van der Waals surface area contributed by atoms with Crippen LogP contribution >= 0.6 is 27.3 Å². The molecule has 0 radical (unpaired) electrons. The maximum Gasteiger partial charge on any atom is 0.265 e. The Labute approximate surface area is 216 Å². The van der Waals surface area contributed by atoms with Gasteiger partial charge in [-0.2, -0.15) is 0 Å². The van der Waals surface area contributed by atoms with Crippen LogP contribution in [0.25, 0.3) is 0 Å². The van der Waals surface area contributed by atoms with Crippen LogP contribution in [0.4, 0.5) is 10.7 Å². The average molecular weight is 556 g/mol. The number of hydrogen-bond donors (Lipinski definition) is 3. The number of nitrogens with one attached hydrogen (secondary N) is 2. The Balaban J connectivity index is 1.40. The third-order valence-electron chi connectivity index (χ3n) is 5.90. The molecule has 1 aromatic heterocycles. The molecule has 4 N–H and O–H groups in total. The van der Waals surface area contributed by atoms with Crippen LogP contribution in [0.5, 0.6) is 5.75 Å². The molecule has 0 saturated heterocycles. The number of nitrogens with two attached hydrogens (primary N) is 1. The van der Waals surface area contributed by atoms with Crippen LogP contribution in [0.2, 0.25) is 0 Å². The Hall–Kier alpha value is -3.17. The summed E-state index contributed by atoms with van der Waals surface area (Å²) in [6.07, 6.45) is 1.94. The molecule has 1 heterocycles. The minimum absolute atomic E-state index is 0.288. The van der Waals surface area contributed by atoms with E-state index in [-0.39, 0.29) is 11.8 Å². The van der Waals surface area contributed by atoms with Crippen LogP contribution < -0.4 is 21.1 Å². The highest BCUT2D eigenvalue weighted by molar-refractivity contribution is 9.10. The molecule has 2 aromatic carbocycles. The Morgan fingerprint density at radius 2 is 1.77 bits per heavy atom. The molecule has 0 bridgehead atoms. The number of anilines is 2. The molecule has 4 rings (SSSR count). The monoisotopic (exact) mass is 555 g/mol. The first-order valence-corrected chi connectivity index (χ1v) is 12.9. The number of rotatable bonds is 7. The number of hydrogen-bond acceptors (Lipinski definition) is 5. The first kappa shape index (κ1) is 24.9. The van der Waals surface area contributed by atoms with Crippen molar-refractivity contribution in [1.82, 2.24) is 0 Å². The van der Waals surface area contributed by atoms with Crippen LogP contribution in [0, 0.1) is 5.92 Å². The Morgan fingerprint density at radius 3 is 2.43 bits per heavy atom. The maximum absolute atomic E-state index is 12.9. The molecule has 35 heavy (non-hydrogen) atoms. The quantitative estimate of drug-likeness (QED) is 0.362. The van der Waals surface area contributed by atoms with Gasteiger partial charge in [0.05, 0.1) is 5.56 Å². The van der Waals surface area contributed by atoms with Crippen molar-refractivity contribution in [3.05, 3.63) is 74.6 Å². The van der Waals surface area contributed by atoms with Gasteiger partial charge >= 0.3 is 0 Å². The zero-order valence-corrected chi connectivity index (χ0v) is 21.8. The van der Waals surface area contributed by atoms with Gasteiger partial charge in [-0.25, -0.2) is 0 Å². The molecule has 0 fully saturated rings. The topological polar surface area (TPSA) is 111 Å². The number of amides is 3. The molecule has 2 atom stereocenters. The summed E-state index contributed by atoms with van der Waals surface area (Å²) in [6.45, 7) is 3.83. The van der Waals surface area contributed by atoms with E-state index in [2.05, 4.69) is 33.5 Å². The van der Waals surface area contributed by atoms with E-state index in [9.17, 15) is 14.4 Å². The second-order valence-corrected chi connectivity index (χ2v) is 10.7. The van der Waals surface area contributed by atoms with Crippen LogP contribution in [0.15, 0.2) is 53.0 Å². The highest BCUT2D eigenvalue weighted by Crippen LogP contribution is 2.39. The predicted octanol–water partition coefficient (Wildman–Crippen LogP) is 5.39. The standard InChI is InChI=1S/C26H26BrN3O4S/c1-14-3-12-20-21(13-14)35-26(22(20)23(28)31)30-25(33)16-4-10-19(11-5-16)34-15(2)24(32)29-18-8-6-17(27)7-9-18/h4-11,14-15H,3,12-13H2,1-2H3,(H2,28,31)(H,29,32)(H,30,33)/t14-,15-/m0/s1. The van der Waals surface area contributed by atoms with Gasteiger partial charge in [-0.3, -0.25) is 14.4 Å². The number of halogens is 1. The largest absolute Gasteiger partial charge is 0.481 e. The van der Waals surface area contributed by atoms with Gasteiger partial charge in [0.1, 0.15) is 10.8 Å². The lowest BCUT2D eigenvalue weighted by Crippen LogP contribution is -2.30. The SMILES string of the molecule is C[C@H]1CCc2c(sc(NC(=O)c3ccc(O[C@@H](C)C(=O)Nc4ccc(Br)cc4)cc3)c2C(N)=O)C1. The summed E-state index contributed by atoms with van der Waals surface area (Å²) >= 11 is 4.79. The van der Waals surface area contributed by atoms with Crippen molar-refractivity contribution >= 4 is 55.7 Å². The van der Waals surface area contributed by atoms with Crippen molar-refractivity contribution in [2.45, 2.75) is 39.2 Å².